The summed E-state index contributed by atoms with van der Waals surface area (Å²) in [6, 6.07) is 10.1. The fourth-order valence-electron chi connectivity index (χ4n) is 4.42. The zero-order valence-electron chi connectivity index (χ0n) is 20.6. The van der Waals surface area contributed by atoms with Gasteiger partial charge in [-0.25, -0.2) is 4.79 Å². The Morgan fingerprint density at radius 3 is 2.51 bits per heavy atom. The first-order valence-electron chi connectivity index (χ1n) is 11.8. The topological polar surface area (TPSA) is 64.2 Å². The average molecular weight is 531 g/mol. The number of aryl methyl sites for hydroxylation is 3. The molecule has 0 spiro atoms. The number of benzene rings is 2. The minimum absolute atomic E-state index is 0.0203. The molecule has 0 atom stereocenters. The van der Waals surface area contributed by atoms with Gasteiger partial charge < -0.3 is 14.5 Å². The Hall–Kier alpha value is -3.52. The van der Waals surface area contributed by atoms with Crippen LogP contribution in [0.5, 0.6) is 5.75 Å². The Morgan fingerprint density at radius 2 is 1.84 bits per heavy atom. The van der Waals surface area contributed by atoms with Crippen molar-refractivity contribution in [1.29, 1.82) is 0 Å². The Bertz CT molecular complexity index is 1420. The molecule has 2 aromatic carbocycles. The summed E-state index contributed by atoms with van der Waals surface area (Å²) in [5, 5.41) is 1.35. The van der Waals surface area contributed by atoms with E-state index in [4.69, 9.17) is 21.1 Å². The zero-order chi connectivity index (χ0) is 26.7. The maximum absolute atomic E-state index is 13.7. The number of esters is 1. The van der Waals surface area contributed by atoms with E-state index in [0.29, 0.717) is 52.3 Å². The summed E-state index contributed by atoms with van der Waals surface area (Å²) in [5.41, 5.74) is 2.62. The average Bonchev–Trinajstić information content (AvgIpc) is 3.23. The number of alkyl halides is 3. The van der Waals surface area contributed by atoms with Crippen LogP contribution in [-0.4, -0.2) is 29.2 Å². The van der Waals surface area contributed by atoms with E-state index < -0.39 is 17.7 Å². The number of hydrogen-bond donors (Lipinski definition) is 1. The molecule has 0 aliphatic carbocycles. The number of pyridine rings is 1. The maximum atomic E-state index is 13.7. The lowest BCUT2D eigenvalue weighted by Gasteiger charge is -2.13. The minimum Gasteiger partial charge on any atom is -0.494 e. The van der Waals surface area contributed by atoms with Crippen molar-refractivity contribution >= 4 is 28.5 Å². The van der Waals surface area contributed by atoms with Gasteiger partial charge in [0.05, 0.1) is 24.3 Å². The van der Waals surface area contributed by atoms with Crippen molar-refractivity contribution in [3.63, 3.8) is 0 Å². The molecule has 0 amide bonds. The van der Waals surface area contributed by atoms with Crippen LogP contribution in [-0.2, 0) is 17.3 Å². The van der Waals surface area contributed by atoms with Crippen molar-refractivity contribution in [1.82, 2.24) is 9.97 Å². The van der Waals surface area contributed by atoms with Crippen molar-refractivity contribution in [2.75, 3.05) is 13.2 Å². The van der Waals surface area contributed by atoms with E-state index in [1.807, 2.05) is 26.0 Å². The summed E-state index contributed by atoms with van der Waals surface area (Å²) in [6.07, 6.45) is -1.45. The number of fused-ring (bicyclic) bond motifs is 1. The first kappa shape index (κ1) is 26.5. The zero-order valence-corrected chi connectivity index (χ0v) is 21.4. The molecule has 37 heavy (non-hydrogen) atoms. The van der Waals surface area contributed by atoms with Crippen LogP contribution in [0.1, 0.15) is 46.1 Å². The Kier molecular flexibility index (Phi) is 7.78. The van der Waals surface area contributed by atoms with Gasteiger partial charge in [0.2, 0.25) is 0 Å². The standard InChI is InChI=1S/C28H26ClF3N2O3/c1-4-36-27(35)26-22(9-6-12-37-18-13-16(2)24(29)17(3)14-18)21-8-5-7-20(25(21)34-26)19-10-11-33-15-23(19)28(30,31)32/h5,7-8,10-11,13-15,34H,4,6,9,12H2,1-3H3. The van der Waals surface area contributed by atoms with Gasteiger partial charge in [-0.1, -0.05) is 29.8 Å². The number of carbonyl (C=O) groups excluding carboxylic acids is 1. The van der Waals surface area contributed by atoms with Crippen LogP contribution >= 0.6 is 11.6 Å². The summed E-state index contributed by atoms with van der Waals surface area (Å²) < 4.78 is 52.3. The smallest absolute Gasteiger partial charge is 0.418 e. The SMILES string of the molecule is CCOC(=O)c1[nH]c2c(-c3ccncc3C(F)(F)F)cccc2c1CCCOc1cc(C)c(Cl)c(C)c1. The number of halogens is 4. The van der Waals surface area contributed by atoms with Gasteiger partial charge in [0.25, 0.3) is 0 Å². The first-order chi connectivity index (χ1) is 17.6. The van der Waals surface area contributed by atoms with Gasteiger partial charge in [0.15, 0.2) is 0 Å². The lowest BCUT2D eigenvalue weighted by atomic mass is 9.97. The fraction of sp³-hybridized carbons (Fsp3) is 0.286. The third-order valence-electron chi connectivity index (χ3n) is 6.09. The molecule has 0 unspecified atom stereocenters. The van der Waals surface area contributed by atoms with Crippen LogP contribution in [0.3, 0.4) is 0 Å². The number of aromatic amines is 1. The van der Waals surface area contributed by atoms with E-state index in [0.717, 1.165) is 17.3 Å². The van der Waals surface area contributed by atoms with Gasteiger partial charge >= 0.3 is 12.1 Å². The minimum atomic E-state index is -4.58. The highest BCUT2D eigenvalue weighted by atomic mass is 35.5. The quantitative estimate of drug-likeness (QED) is 0.187. The largest absolute Gasteiger partial charge is 0.494 e. The van der Waals surface area contributed by atoms with Crippen LogP contribution in [0.4, 0.5) is 13.2 Å². The lowest BCUT2D eigenvalue weighted by Crippen LogP contribution is -2.09. The third kappa shape index (κ3) is 5.59. The second kappa shape index (κ2) is 10.8. The van der Waals surface area contributed by atoms with Crippen LogP contribution in [0.2, 0.25) is 5.02 Å². The van der Waals surface area contributed by atoms with E-state index in [9.17, 15) is 18.0 Å². The highest BCUT2D eigenvalue weighted by Crippen LogP contribution is 2.40. The van der Waals surface area contributed by atoms with Crippen molar-refractivity contribution < 1.29 is 27.4 Å². The summed E-state index contributed by atoms with van der Waals surface area (Å²) in [7, 11) is 0. The van der Waals surface area contributed by atoms with E-state index >= 15 is 0 Å². The number of para-hydroxylation sites is 1. The van der Waals surface area contributed by atoms with Gasteiger partial charge in [-0.3, -0.25) is 4.98 Å². The molecule has 9 heteroatoms. The van der Waals surface area contributed by atoms with Crippen LogP contribution in [0, 0.1) is 13.8 Å². The third-order valence-corrected chi connectivity index (χ3v) is 6.68. The normalized spacial score (nSPS) is 11.6. The summed E-state index contributed by atoms with van der Waals surface area (Å²) >= 11 is 6.23. The second-order valence-corrected chi connectivity index (χ2v) is 9.05. The first-order valence-corrected chi connectivity index (χ1v) is 12.2. The molecular formula is C28H26ClF3N2O3. The van der Waals surface area contributed by atoms with Crippen molar-refractivity contribution in [3.05, 3.63) is 81.8 Å². The monoisotopic (exact) mass is 530 g/mol. The maximum Gasteiger partial charge on any atom is 0.418 e. The molecular weight excluding hydrogens is 505 g/mol. The van der Waals surface area contributed by atoms with Gasteiger partial charge in [0.1, 0.15) is 11.4 Å². The molecule has 4 rings (SSSR count). The number of hydrogen-bond acceptors (Lipinski definition) is 4. The molecule has 0 saturated heterocycles. The number of aromatic nitrogens is 2. The van der Waals surface area contributed by atoms with Gasteiger partial charge in [-0.2, -0.15) is 13.2 Å². The molecule has 0 radical (unpaired) electrons. The van der Waals surface area contributed by atoms with Crippen LogP contribution in [0.25, 0.3) is 22.0 Å². The number of nitrogens with one attached hydrogen (secondary N) is 1. The molecule has 4 aromatic rings. The second-order valence-electron chi connectivity index (χ2n) is 8.67. The highest BCUT2D eigenvalue weighted by molar-refractivity contribution is 6.32. The lowest BCUT2D eigenvalue weighted by molar-refractivity contribution is -0.137. The van der Waals surface area contributed by atoms with Crippen LogP contribution in [0.15, 0.2) is 48.8 Å². The molecule has 0 saturated carbocycles. The molecule has 0 fully saturated rings. The predicted molar refractivity (Wildman–Crippen MR) is 137 cm³/mol. The molecule has 1 N–H and O–H groups in total. The molecule has 194 valence electrons. The van der Waals surface area contributed by atoms with E-state index in [-0.39, 0.29) is 17.9 Å². The van der Waals surface area contributed by atoms with Crippen molar-refractivity contribution in [2.45, 2.75) is 39.8 Å². The molecule has 5 nitrogen and oxygen atoms in total. The number of H-pyrrole nitrogens is 1. The predicted octanol–water partition coefficient (Wildman–Crippen LogP) is 7.71. The molecule has 0 aliphatic heterocycles. The Morgan fingerprint density at radius 1 is 1.11 bits per heavy atom. The summed E-state index contributed by atoms with van der Waals surface area (Å²) in [5.74, 6) is 0.138. The van der Waals surface area contributed by atoms with E-state index in [1.165, 1.54) is 12.3 Å². The number of ether oxygens (including phenoxy) is 2. The molecule has 2 aromatic heterocycles. The van der Waals surface area contributed by atoms with Crippen molar-refractivity contribution in [3.8, 4) is 16.9 Å². The highest BCUT2D eigenvalue weighted by Gasteiger charge is 2.34. The number of carbonyl (C=O) groups is 1. The fourth-order valence-corrected chi connectivity index (χ4v) is 4.53. The number of rotatable bonds is 8. The van der Waals surface area contributed by atoms with Gasteiger partial charge in [0, 0.05) is 28.4 Å². The van der Waals surface area contributed by atoms with Crippen LogP contribution < -0.4 is 4.74 Å². The van der Waals surface area contributed by atoms with Crippen molar-refractivity contribution in [2.24, 2.45) is 0 Å². The van der Waals surface area contributed by atoms with E-state index in [1.54, 1.807) is 25.1 Å². The molecule has 0 aliphatic rings. The summed E-state index contributed by atoms with van der Waals surface area (Å²) in [4.78, 5) is 19.5. The Balaban J connectivity index is 1.68. The van der Waals surface area contributed by atoms with E-state index in [2.05, 4.69) is 9.97 Å². The molecule has 0 bridgehead atoms. The summed E-state index contributed by atoms with van der Waals surface area (Å²) in [6.45, 7) is 6.05. The van der Waals surface area contributed by atoms with Gasteiger partial charge in [-0.05, 0) is 74.1 Å². The molecule has 2 heterocycles. The van der Waals surface area contributed by atoms with Gasteiger partial charge in [-0.15, -0.1) is 0 Å². The Labute approximate surface area is 217 Å². The number of nitrogens with zero attached hydrogens (tertiary/aromatic N) is 1.